The molecule has 0 aliphatic rings. The summed E-state index contributed by atoms with van der Waals surface area (Å²) >= 11 is 6.06. The molecule has 0 spiro atoms. The molecule has 3 nitrogen and oxygen atoms in total. The SMILES string of the molecule is COC(=O)c1ccccc1Nc1ccccc1Cl. The Balaban J connectivity index is 2.35. The normalized spacial score (nSPS) is 9.89. The van der Waals surface area contributed by atoms with E-state index in [0.29, 0.717) is 16.3 Å². The number of benzene rings is 2. The molecule has 0 amide bonds. The van der Waals surface area contributed by atoms with Crippen molar-refractivity contribution >= 4 is 28.9 Å². The first-order valence-electron chi connectivity index (χ1n) is 5.41. The summed E-state index contributed by atoms with van der Waals surface area (Å²) in [5.74, 6) is -0.384. The van der Waals surface area contributed by atoms with E-state index in [9.17, 15) is 4.79 Å². The molecular weight excluding hydrogens is 250 g/mol. The highest BCUT2D eigenvalue weighted by Crippen LogP contribution is 2.27. The molecule has 1 N–H and O–H groups in total. The second-order valence-electron chi connectivity index (χ2n) is 3.64. The summed E-state index contributed by atoms with van der Waals surface area (Å²) in [5, 5.41) is 3.72. The fraction of sp³-hybridized carbons (Fsp3) is 0.0714. The summed E-state index contributed by atoms with van der Waals surface area (Å²) in [4.78, 5) is 11.6. The van der Waals surface area contributed by atoms with E-state index in [1.807, 2.05) is 24.3 Å². The average Bonchev–Trinajstić information content (AvgIpc) is 2.41. The Bertz CT molecular complexity index is 569. The van der Waals surface area contributed by atoms with Gasteiger partial charge in [-0.3, -0.25) is 0 Å². The summed E-state index contributed by atoms with van der Waals surface area (Å²) < 4.78 is 4.73. The van der Waals surface area contributed by atoms with Crippen LogP contribution in [-0.2, 0) is 4.74 Å². The van der Waals surface area contributed by atoms with Gasteiger partial charge in [-0.25, -0.2) is 4.79 Å². The van der Waals surface area contributed by atoms with Crippen molar-refractivity contribution in [2.45, 2.75) is 0 Å². The van der Waals surface area contributed by atoms with Crippen LogP contribution in [0.4, 0.5) is 11.4 Å². The van der Waals surface area contributed by atoms with Gasteiger partial charge in [-0.2, -0.15) is 0 Å². The fourth-order valence-corrected chi connectivity index (χ4v) is 1.77. The molecule has 0 aliphatic heterocycles. The summed E-state index contributed by atoms with van der Waals surface area (Å²) in [6, 6.07) is 14.5. The molecule has 4 heteroatoms. The number of carbonyl (C=O) groups excluding carboxylic acids is 1. The van der Waals surface area contributed by atoms with Crippen LogP contribution in [0.15, 0.2) is 48.5 Å². The Morgan fingerprint density at radius 1 is 1.06 bits per heavy atom. The molecule has 0 aliphatic carbocycles. The second kappa shape index (κ2) is 5.56. The standard InChI is InChI=1S/C14H12ClNO2/c1-18-14(17)10-6-2-4-8-12(10)16-13-9-5-3-7-11(13)15/h2-9,16H,1H3. The highest BCUT2D eigenvalue weighted by atomic mass is 35.5. The number of anilines is 2. The van der Waals surface area contributed by atoms with Crippen molar-refractivity contribution < 1.29 is 9.53 Å². The maximum atomic E-state index is 11.6. The molecule has 0 saturated heterocycles. The van der Waals surface area contributed by atoms with Crippen molar-refractivity contribution in [3.05, 3.63) is 59.1 Å². The van der Waals surface area contributed by atoms with Crippen LogP contribution in [0.1, 0.15) is 10.4 Å². The number of esters is 1. The lowest BCUT2D eigenvalue weighted by molar-refractivity contribution is 0.0602. The smallest absolute Gasteiger partial charge is 0.339 e. The van der Waals surface area contributed by atoms with Crippen LogP contribution < -0.4 is 5.32 Å². The first-order valence-corrected chi connectivity index (χ1v) is 5.79. The van der Waals surface area contributed by atoms with Gasteiger partial charge >= 0.3 is 5.97 Å². The van der Waals surface area contributed by atoms with Gasteiger partial charge in [0.05, 0.1) is 29.1 Å². The van der Waals surface area contributed by atoms with Gasteiger partial charge in [-0.15, -0.1) is 0 Å². The molecule has 0 heterocycles. The fourth-order valence-electron chi connectivity index (χ4n) is 1.59. The Morgan fingerprint density at radius 3 is 2.33 bits per heavy atom. The van der Waals surface area contributed by atoms with E-state index < -0.39 is 0 Å². The lowest BCUT2D eigenvalue weighted by Gasteiger charge is -2.11. The zero-order valence-corrected chi connectivity index (χ0v) is 10.6. The third kappa shape index (κ3) is 2.63. The second-order valence-corrected chi connectivity index (χ2v) is 4.05. The van der Waals surface area contributed by atoms with Gasteiger partial charge in [0.1, 0.15) is 0 Å². The monoisotopic (exact) mass is 261 g/mol. The quantitative estimate of drug-likeness (QED) is 0.853. The van der Waals surface area contributed by atoms with E-state index >= 15 is 0 Å². The Morgan fingerprint density at radius 2 is 1.67 bits per heavy atom. The van der Waals surface area contributed by atoms with Crippen molar-refractivity contribution in [3.63, 3.8) is 0 Å². The van der Waals surface area contributed by atoms with E-state index in [2.05, 4.69) is 5.32 Å². The number of halogens is 1. The van der Waals surface area contributed by atoms with Crippen LogP contribution >= 0.6 is 11.6 Å². The van der Waals surface area contributed by atoms with Gasteiger partial charge < -0.3 is 10.1 Å². The van der Waals surface area contributed by atoms with Gasteiger partial charge in [-0.1, -0.05) is 35.9 Å². The number of rotatable bonds is 3. The molecule has 0 radical (unpaired) electrons. The highest BCUT2D eigenvalue weighted by Gasteiger charge is 2.11. The maximum absolute atomic E-state index is 11.6. The maximum Gasteiger partial charge on any atom is 0.339 e. The van der Waals surface area contributed by atoms with E-state index in [4.69, 9.17) is 16.3 Å². The lowest BCUT2D eigenvalue weighted by atomic mass is 10.1. The van der Waals surface area contributed by atoms with Gasteiger partial charge in [0.2, 0.25) is 0 Å². The van der Waals surface area contributed by atoms with E-state index in [1.165, 1.54) is 7.11 Å². The first-order chi connectivity index (χ1) is 8.72. The third-order valence-corrected chi connectivity index (χ3v) is 2.81. The summed E-state index contributed by atoms with van der Waals surface area (Å²) in [6.07, 6.45) is 0. The molecule has 0 saturated carbocycles. The number of carbonyl (C=O) groups is 1. The van der Waals surface area contributed by atoms with Crippen LogP contribution in [0.3, 0.4) is 0 Å². The van der Waals surface area contributed by atoms with Gasteiger partial charge in [-0.05, 0) is 24.3 Å². The minimum Gasteiger partial charge on any atom is -0.465 e. The van der Waals surface area contributed by atoms with E-state index in [-0.39, 0.29) is 5.97 Å². The molecule has 0 aromatic heterocycles. The highest BCUT2D eigenvalue weighted by molar-refractivity contribution is 6.33. The first kappa shape index (κ1) is 12.5. The molecule has 2 rings (SSSR count). The Kier molecular flexibility index (Phi) is 3.85. The van der Waals surface area contributed by atoms with Crippen molar-refractivity contribution in [2.75, 3.05) is 12.4 Å². The van der Waals surface area contributed by atoms with E-state index in [1.54, 1.807) is 24.3 Å². The predicted molar refractivity (Wildman–Crippen MR) is 72.5 cm³/mol. The van der Waals surface area contributed by atoms with Gasteiger partial charge in [0.15, 0.2) is 0 Å². The van der Waals surface area contributed by atoms with Crippen LogP contribution in [0.2, 0.25) is 5.02 Å². The summed E-state index contributed by atoms with van der Waals surface area (Å²) in [5.41, 5.74) is 1.88. The van der Waals surface area contributed by atoms with Crippen molar-refractivity contribution in [1.82, 2.24) is 0 Å². The molecule has 18 heavy (non-hydrogen) atoms. The van der Waals surface area contributed by atoms with Crippen LogP contribution in [0.25, 0.3) is 0 Å². The number of nitrogens with one attached hydrogen (secondary N) is 1. The average molecular weight is 262 g/mol. The number of hydrogen-bond acceptors (Lipinski definition) is 3. The Hall–Kier alpha value is -2.00. The number of para-hydroxylation sites is 2. The molecule has 0 atom stereocenters. The molecule has 2 aromatic rings. The number of methoxy groups -OCH3 is 1. The minimum absolute atomic E-state index is 0.384. The summed E-state index contributed by atoms with van der Waals surface area (Å²) in [6.45, 7) is 0. The molecule has 0 bridgehead atoms. The van der Waals surface area contributed by atoms with Gasteiger partial charge in [0.25, 0.3) is 0 Å². The van der Waals surface area contributed by atoms with Gasteiger partial charge in [0, 0.05) is 0 Å². The molecule has 0 fully saturated rings. The van der Waals surface area contributed by atoms with Crippen LogP contribution in [0, 0.1) is 0 Å². The van der Waals surface area contributed by atoms with Crippen LogP contribution in [-0.4, -0.2) is 13.1 Å². The van der Waals surface area contributed by atoms with E-state index in [0.717, 1.165) is 5.69 Å². The largest absolute Gasteiger partial charge is 0.465 e. The topological polar surface area (TPSA) is 38.3 Å². The van der Waals surface area contributed by atoms with Crippen molar-refractivity contribution in [3.8, 4) is 0 Å². The van der Waals surface area contributed by atoms with Crippen LogP contribution in [0.5, 0.6) is 0 Å². The zero-order valence-electron chi connectivity index (χ0n) is 9.81. The summed E-state index contributed by atoms with van der Waals surface area (Å²) in [7, 11) is 1.36. The Labute approximate surface area is 110 Å². The number of ether oxygens (including phenoxy) is 1. The third-order valence-electron chi connectivity index (χ3n) is 2.48. The zero-order chi connectivity index (χ0) is 13.0. The molecule has 92 valence electrons. The molecule has 0 unspecified atom stereocenters. The minimum atomic E-state index is -0.384. The number of hydrogen-bond donors (Lipinski definition) is 1. The predicted octanol–water partition coefficient (Wildman–Crippen LogP) is 3.87. The lowest BCUT2D eigenvalue weighted by Crippen LogP contribution is -2.05. The van der Waals surface area contributed by atoms with Crippen molar-refractivity contribution in [2.24, 2.45) is 0 Å². The molecule has 2 aromatic carbocycles. The molecular formula is C14H12ClNO2. The van der Waals surface area contributed by atoms with Crippen molar-refractivity contribution in [1.29, 1.82) is 0 Å².